The van der Waals surface area contributed by atoms with Crippen LogP contribution in [0, 0.1) is 0 Å². The van der Waals surface area contributed by atoms with Crippen LogP contribution in [-0.4, -0.2) is 40.2 Å². The lowest BCUT2D eigenvalue weighted by Gasteiger charge is -2.34. The number of fused-ring (bicyclic) bond motifs is 1. The second kappa shape index (κ2) is 7.12. The molecule has 1 fully saturated rings. The third kappa shape index (κ3) is 3.69. The highest BCUT2D eigenvalue weighted by Crippen LogP contribution is 2.31. The Labute approximate surface area is 160 Å². The van der Waals surface area contributed by atoms with E-state index < -0.39 is 0 Å². The largest absolute Gasteiger partial charge is 0.373 e. The molecule has 5 nitrogen and oxygen atoms in total. The second-order valence-corrected chi connectivity index (χ2v) is 8.28. The van der Waals surface area contributed by atoms with Gasteiger partial charge in [-0.1, -0.05) is 23.7 Å². The van der Waals surface area contributed by atoms with E-state index in [1.54, 1.807) is 0 Å². The van der Waals surface area contributed by atoms with Crippen molar-refractivity contribution in [3.63, 3.8) is 0 Å². The van der Waals surface area contributed by atoms with Crippen molar-refractivity contribution in [2.45, 2.75) is 32.6 Å². The van der Waals surface area contributed by atoms with E-state index in [4.69, 9.17) is 21.3 Å². The van der Waals surface area contributed by atoms with Crippen LogP contribution in [0.15, 0.2) is 35.1 Å². The highest BCUT2D eigenvalue weighted by Gasteiger charge is 2.23. The van der Waals surface area contributed by atoms with Crippen LogP contribution in [0.4, 0.5) is 0 Å². The van der Waals surface area contributed by atoms with Gasteiger partial charge in [-0.15, -0.1) is 11.3 Å². The zero-order valence-corrected chi connectivity index (χ0v) is 16.2. The maximum absolute atomic E-state index is 12.5. The van der Waals surface area contributed by atoms with E-state index in [-0.39, 0.29) is 17.8 Å². The van der Waals surface area contributed by atoms with Crippen molar-refractivity contribution >= 4 is 33.2 Å². The molecular weight excluding hydrogens is 370 g/mol. The summed E-state index contributed by atoms with van der Waals surface area (Å²) in [6.07, 6.45) is 0.374. The van der Waals surface area contributed by atoms with Gasteiger partial charge < -0.3 is 9.72 Å². The number of morpholine rings is 1. The first-order valence-electron chi connectivity index (χ1n) is 8.64. The van der Waals surface area contributed by atoms with Gasteiger partial charge >= 0.3 is 0 Å². The topological polar surface area (TPSA) is 58.2 Å². The lowest BCUT2D eigenvalue weighted by Crippen LogP contribution is -2.45. The Bertz CT molecular complexity index is 973. The number of thiophene rings is 1. The predicted molar refractivity (Wildman–Crippen MR) is 106 cm³/mol. The lowest BCUT2D eigenvalue weighted by molar-refractivity contribution is -0.0710. The lowest BCUT2D eigenvalue weighted by atomic mass is 10.2. The van der Waals surface area contributed by atoms with Crippen LogP contribution in [0.1, 0.15) is 19.7 Å². The van der Waals surface area contributed by atoms with Crippen molar-refractivity contribution in [1.29, 1.82) is 0 Å². The number of halogens is 1. The highest BCUT2D eigenvalue weighted by molar-refractivity contribution is 7.22. The molecule has 1 aliphatic rings. The minimum Gasteiger partial charge on any atom is -0.373 e. The zero-order valence-electron chi connectivity index (χ0n) is 14.7. The molecule has 3 heterocycles. The number of aromatic nitrogens is 2. The average molecular weight is 390 g/mol. The number of aromatic amines is 1. The van der Waals surface area contributed by atoms with Crippen LogP contribution < -0.4 is 5.56 Å². The molecule has 0 unspecified atom stereocenters. The Kier molecular flexibility index (Phi) is 4.84. The third-order valence-electron chi connectivity index (χ3n) is 4.43. The summed E-state index contributed by atoms with van der Waals surface area (Å²) in [7, 11) is 0. The number of nitrogens with zero attached hydrogens (tertiary/aromatic N) is 2. The highest BCUT2D eigenvalue weighted by atomic mass is 35.5. The summed E-state index contributed by atoms with van der Waals surface area (Å²) in [5.41, 5.74) is 1.70. The first-order valence-corrected chi connectivity index (χ1v) is 9.84. The summed E-state index contributed by atoms with van der Waals surface area (Å²) in [4.78, 5) is 23.4. The minimum atomic E-state index is -0.0791. The van der Waals surface area contributed by atoms with E-state index in [2.05, 4.69) is 23.7 Å². The molecule has 2 atom stereocenters. The zero-order chi connectivity index (χ0) is 18.3. The molecule has 1 aliphatic heterocycles. The number of H-pyrrole nitrogens is 1. The molecule has 1 aromatic carbocycles. The van der Waals surface area contributed by atoms with E-state index in [0.29, 0.717) is 22.1 Å². The number of hydrogen-bond donors (Lipinski definition) is 1. The molecule has 1 N–H and O–H groups in total. The van der Waals surface area contributed by atoms with Crippen LogP contribution in [0.25, 0.3) is 20.7 Å². The summed E-state index contributed by atoms with van der Waals surface area (Å²) in [6.45, 7) is 6.44. The van der Waals surface area contributed by atoms with Gasteiger partial charge in [-0.05, 0) is 37.6 Å². The van der Waals surface area contributed by atoms with Gasteiger partial charge in [0.25, 0.3) is 5.56 Å². The molecule has 0 amide bonds. The normalized spacial score (nSPS) is 21.3. The van der Waals surface area contributed by atoms with Gasteiger partial charge in [0.05, 0.1) is 24.3 Å². The van der Waals surface area contributed by atoms with E-state index in [9.17, 15) is 4.79 Å². The molecule has 0 radical (unpaired) electrons. The van der Waals surface area contributed by atoms with Gasteiger partial charge in [0, 0.05) is 23.0 Å². The van der Waals surface area contributed by atoms with Crippen LogP contribution in [0.5, 0.6) is 0 Å². The molecule has 26 heavy (non-hydrogen) atoms. The summed E-state index contributed by atoms with van der Waals surface area (Å²) in [6, 6.07) is 9.60. The van der Waals surface area contributed by atoms with Crippen LogP contribution >= 0.6 is 22.9 Å². The van der Waals surface area contributed by atoms with Crippen molar-refractivity contribution in [3.8, 4) is 10.4 Å². The maximum atomic E-state index is 12.5. The molecule has 7 heteroatoms. The molecule has 0 spiro atoms. The van der Waals surface area contributed by atoms with E-state index in [0.717, 1.165) is 29.0 Å². The number of hydrogen-bond acceptors (Lipinski definition) is 5. The van der Waals surface area contributed by atoms with Gasteiger partial charge in [0.1, 0.15) is 10.5 Å². The quantitative estimate of drug-likeness (QED) is 0.737. The monoisotopic (exact) mass is 389 g/mol. The summed E-state index contributed by atoms with van der Waals surface area (Å²) in [5, 5.41) is 0.696. The Hall–Kier alpha value is -1.73. The summed E-state index contributed by atoms with van der Waals surface area (Å²) >= 11 is 7.41. The number of ether oxygens (including phenoxy) is 1. The number of benzene rings is 1. The van der Waals surface area contributed by atoms with E-state index >= 15 is 0 Å². The van der Waals surface area contributed by atoms with Crippen molar-refractivity contribution in [3.05, 3.63) is 51.5 Å². The van der Waals surface area contributed by atoms with Gasteiger partial charge in [0.2, 0.25) is 0 Å². The number of nitrogens with one attached hydrogen (secondary N) is 1. The second-order valence-electron chi connectivity index (χ2n) is 6.80. The SMILES string of the molecule is C[C@@H]1CN(Cc2nc3cc(-c4ccc(Cl)cc4)sc3c(=O)[nH]2)C[C@@H](C)O1. The van der Waals surface area contributed by atoms with Gasteiger partial charge in [0.15, 0.2) is 0 Å². The van der Waals surface area contributed by atoms with Gasteiger partial charge in [-0.25, -0.2) is 4.98 Å². The molecular formula is C19H20ClN3O2S. The van der Waals surface area contributed by atoms with Crippen molar-refractivity contribution in [1.82, 2.24) is 14.9 Å². The molecule has 0 aliphatic carbocycles. The fourth-order valence-electron chi connectivity index (χ4n) is 3.44. The van der Waals surface area contributed by atoms with Crippen molar-refractivity contribution in [2.24, 2.45) is 0 Å². The molecule has 0 saturated carbocycles. The van der Waals surface area contributed by atoms with Crippen molar-refractivity contribution < 1.29 is 4.74 Å². The van der Waals surface area contributed by atoms with Crippen LogP contribution in [-0.2, 0) is 11.3 Å². The standard InChI is InChI=1S/C19H20ClN3O2S/c1-11-8-23(9-12(2)25-11)10-17-21-15-7-16(26-18(15)19(24)22-17)13-3-5-14(20)6-4-13/h3-7,11-12H,8-10H2,1-2H3,(H,21,22,24)/t11-,12-/m1/s1. The molecule has 4 rings (SSSR count). The first kappa shape index (κ1) is 17.7. The van der Waals surface area contributed by atoms with E-state index in [1.807, 2.05) is 30.3 Å². The average Bonchev–Trinajstić information content (AvgIpc) is 2.99. The summed E-state index contributed by atoms with van der Waals surface area (Å²) < 4.78 is 6.42. The Morgan fingerprint density at radius 1 is 1.27 bits per heavy atom. The fourth-order valence-corrected chi connectivity index (χ4v) is 4.57. The van der Waals surface area contributed by atoms with Crippen LogP contribution in [0.3, 0.4) is 0 Å². The Morgan fingerprint density at radius 3 is 2.65 bits per heavy atom. The smallest absolute Gasteiger partial charge is 0.268 e. The summed E-state index contributed by atoms with van der Waals surface area (Å²) in [5.74, 6) is 0.698. The molecule has 136 valence electrons. The van der Waals surface area contributed by atoms with Crippen molar-refractivity contribution in [2.75, 3.05) is 13.1 Å². The Morgan fingerprint density at radius 2 is 1.96 bits per heavy atom. The van der Waals surface area contributed by atoms with E-state index in [1.165, 1.54) is 11.3 Å². The van der Waals surface area contributed by atoms with Crippen LogP contribution in [0.2, 0.25) is 5.02 Å². The van der Waals surface area contributed by atoms with Gasteiger partial charge in [-0.3, -0.25) is 9.69 Å². The Balaban J connectivity index is 1.64. The molecule has 2 aromatic heterocycles. The molecule has 3 aromatic rings. The first-order chi connectivity index (χ1) is 12.5. The predicted octanol–water partition coefficient (Wildman–Crippen LogP) is 3.91. The molecule has 0 bridgehead atoms. The van der Waals surface area contributed by atoms with Gasteiger partial charge in [-0.2, -0.15) is 0 Å². The minimum absolute atomic E-state index is 0.0791. The maximum Gasteiger partial charge on any atom is 0.268 e. The fraction of sp³-hybridized carbons (Fsp3) is 0.368. The third-order valence-corrected chi connectivity index (χ3v) is 5.85. The number of rotatable bonds is 3. The molecule has 1 saturated heterocycles.